The van der Waals surface area contributed by atoms with E-state index < -0.39 is 11.6 Å². The van der Waals surface area contributed by atoms with Crippen molar-refractivity contribution >= 4 is 0 Å². The average Bonchev–Trinajstić information content (AvgIpc) is 2.92. The van der Waals surface area contributed by atoms with Gasteiger partial charge in [-0.1, -0.05) is 12.1 Å². The van der Waals surface area contributed by atoms with Gasteiger partial charge in [-0.3, -0.25) is 0 Å². The summed E-state index contributed by atoms with van der Waals surface area (Å²) < 4.78 is 41.7. The van der Waals surface area contributed by atoms with Crippen molar-refractivity contribution in [3.05, 3.63) is 77.5 Å². The van der Waals surface area contributed by atoms with Crippen LogP contribution in [0.4, 0.5) is 13.2 Å². The van der Waals surface area contributed by atoms with E-state index in [0.29, 0.717) is 17.9 Å². The van der Waals surface area contributed by atoms with Crippen molar-refractivity contribution in [2.24, 2.45) is 5.73 Å². The van der Waals surface area contributed by atoms with Gasteiger partial charge in [-0.25, -0.2) is 18.2 Å². The van der Waals surface area contributed by atoms with E-state index in [0.717, 1.165) is 11.6 Å². The number of aromatic nitrogens is 2. The standard InChI is InChI=1S/C17H14F3N3/c18-12-3-1-11(2-4-12)9-23-10-22-17(16(23)8-21)14-6-5-13(19)7-15(14)20/h1-7,10H,8-9,21H2. The number of benzene rings is 2. The highest BCUT2D eigenvalue weighted by molar-refractivity contribution is 5.62. The molecule has 1 aromatic heterocycles. The van der Waals surface area contributed by atoms with Crippen molar-refractivity contribution in [3.8, 4) is 11.3 Å². The first kappa shape index (κ1) is 15.3. The molecule has 118 valence electrons. The Hall–Kier alpha value is -2.60. The minimum Gasteiger partial charge on any atom is -0.328 e. The zero-order valence-electron chi connectivity index (χ0n) is 12.1. The maximum atomic E-state index is 14.0. The summed E-state index contributed by atoms with van der Waals surface area (Å²) in [5.74, 6) is -1.65. The summed E-state index contributed by atoms with van der Waals surface area (Å²) in [5, 5.41) is 0. The van der Waals surface area contributed by atoms with Crippen molar-refractivity contribution in [3.63, 3.8) is 0 Å². The summed E-state index contributed by atoms with van der Waals surface area (Å²) in [5.41, 5.74) is 7.84. The highest BCUT2D eigenvalue weighted by atomic mass is 19.1. The van der Waals surface area contributed by atoms with Gasteiger partial charge in [-0.15, -0.1) is 0 Å². The van der Waals surface area contributed by atoms with E-state index in [-0.39, 0.29) is 17.9 Å². The highest BCUT2D eigenvalue weighted by Gasteiger charge is 2.16. The minimum atomic E-state index is -0.688. The molecule has 2 aromatic carbocycles. The van der Waals surface area contributed by atoms with Gasteiger partial charge in [0.1, 0.15) is 17.5 Å². The van der Waals surface area contributed by atoms with Crippen LogP contribution in [0.1, 0.15) is 11.3 Å². The second kappa shape index (κ2) is 6.26. The molecule has 3 nitrogen and oxygen atoms in total. The molecular formula is C17H14F3N3. The molecule has 0 aliphatic heterocycles. The maximum absolute atomic E-state index is 14.0. The molecule has 3 aromatic rings. The Morgan fingerprint density at radius 3 is 2.30 bits per heavy atom. The molecule has 6 heteroatoms. The first-order valence-electron chi connectivity index (χ1n) is 7.02. The van der Waals surface area contributed by atoms with E-state index in [2.05, 4.69) is 4.98 Å². The molecule has 1 heterocycles. The molecule has 0 fully saturated rings. The molecule has 0 atom stereocenters. The molecule has 0 saturated carbocycles. The number of hydrogen-bond donors (Lipinski definition) is 1. The van der Waals surface area contributed by atoms with Crippen molar-refractivity contribution < 1.29 is 13.2 Å². The Morgan fingerprint density at radius 1 is 0.957 bits per heavy atom. The summed E-state index contributed by atoms with van der Waals surface area (Å²) in [4.78, 5) is 4.21. The quantitative estimate of drug-likeness (QED) is 0.801. The van der Waals surface area contributed by atoms with Gasteiger partial charge in [0.2, 0.25) is 0 Å². The molecule has 2 N–H and O–H groups in total. The lowest BCUT2D eigenvalue weighted by molar-refractivity contribution is 0.585. The number of rotatable bonds is 4. The summed E-state index contributed by atoms with van der Waals surface area (Å²) in [6.07, 6.45) is 1.55. The predicted molar refractivity (Wildman–Crippen MR) is 81.0 cm³/mol. The molecule has 0 saturated heterocycles. The molecule has 0 aliphatic carbocycles. The van der Waals surface area contributed by atoms with E-state index in [1.165, 1.54) is 24.3 Å². The number of halogens is 3. The SMILES string of the molecule is NCc1c(-c2ccc(F)cc2F)ncn1Cc1ccc(F)cc1. The van der Waals surface area contributed by atoms with Crippen LogP contribution in [-0.4, -0.2) is 9.55 Å². The van der Waals surface area contributed by atoms with Gasteiger partial charge in [-0.2, -0.15) is 0 Å². The number of imidazole rings is 1. The van der Waals surface area contributed by atoms with Crippen molar-refractivity contribution in [2.45, 2.75) is 13.1 Å². The van der Waals surface area contributed by atoms with Crippen molar-refractivity contribution in [2.75, 3.05) is 0 Å². The van der Waals surface area contributed by atoms with E-state index in [9.17, 15) is 13.2 Å². The lowest BCUT2D eigenvalue weighted by Gasteiger charge is -2.09. The van der Waals surface area contributed by atoms with Crippen molar-refractivity contribution in [1.29, 1.82) is 0 Å². The molecule has 3 rings (SSSR count). The van der Waals surface area contributed by atoms with Gasteiger partial charge in [-0.05, 0) is 29.8 Å². The third-order valence-corrected chi connectivity index (χ3v) is 3.59. The zero-order chi connectivity index (χ0) is 16.4. The van der Waals surface area contributed by atoms with E-state index in [1.807, 2.05) is 0 Å². The fourth-order valence-corrected chi connectivity index (χ4v) is 2.45. The van der Waals surface area contributed by atoms with Crippen LogP contribution in [0.15, 0.2) is 48.8 Å². The lowest BCUT2D eigenvalue weighted by atomic mass is 10.1. The van der Waals surface area contributed by atoms with Crippen LogP contribution >= 0.6 is 0 Å². The Balaban J connectivity index is 1.98. The fourth-order valence-electron chi connectivity index (χ4n) is 2.45. The van der Waals surface area contributed by atoms with Gasteiger partial charge in [0, 0.05) is 24.7 Å². The van der Waals surface area contributed by atoms with Gasteiger partial charge in [0.05, 0.1) is 17.7 Å². The van der Waals surface area contributed by atoms with E-state index in [1.54, 1.807) is 23.0 Å². The Labute approximate surface area is 131 Å². The monoisotopic (exact) mass is 317 g/mol. The topological polar surface area (TPSA) is 43.8 Å². The Bertz CT molecular complexity index is 826. The second-order valence-electron chi connectivity index (χ2n) is 5.12. The molecule has 23 heavy (non-hydrogen) atoms. The second-order valence-corrected chi connectivity index (χ2v) is 5.12. The van der Waals surface area contributed by atoms with E-state index >= 15 is 0 Å². The van der Waals surface area contributed by atoms with Crippen LogP contribution in [0.5, 0.6) is 0 Å². The van der Waals surface area contributed by atoms with Crippen molar-refractivity contribution in [1.82, 2.24) is 9.55 Å². The normalized spacial score (nSPS) is 11.0. The molecule has 0 spiro atoms. The largest absolute Gasteiger partial charge is 0.328 e. The summed E-state index contributed by atoms with van der Waals surface area (Å²) in [7, 11) is 0. The molecule has 0 aliphatic rings. The number of hydrogen-bond acceptors (Lipinski definition) is 2. The van der Waals surface area contributed by atoms with Gasteiger partial charge < -0.3 is 10.3 Å². The molecule has 0 amide bonds. The minimum absolute atomic E-state index is 0.146. The van der Waals surface area contributed by atoms with Gasteiger partial charge in [0.25, 0.3) is 0 Å². The molecular weight excluding hydrogens is 303 g/mol. The summed E-state index contributed by atoms with van der Waals surface area (Å²) >= 11 is 0. The molecule has 0 radical (unpaired) electrons. The molecule has 0 unspecified atom stereocenters. The van der Waals surface area contributed by atoms with Crippen LogP contribution < -0.4 is 5.73 Å². The van der Waals surface area contributed by atoms with Gasteiger partial charge in [0.15, 0.2) is 0 Å². The molecule has 0 bridgehead atoms. The van der Waals surface area contributed by atoms with Crippen LogP contribution in [0.2, 0.25) is 0 Å². The first-order valence-corrected chi connectivity index (χ1v) is 7.02. The van der Waals surface area contributed by atoms with Crippen LogP contribution in [-0.2, 0) is 13.1 Å². The highest BCUT2D eigenvalue weighted by Crippen LogP contribution is 2.26. The third kappa shape index (κ3) is 3.12. The predicted octanol–water partition coefficient (Wildman–Crippen LogP) is 3.47. The Kier molecular flexibility index (Phi) is 4.16. The lowest BCUT2D eigenvalue weighted by Crippen LogP contribution is -2.09. The zero-order valence-corrected chi connectivity index (χ0v) is 12.1. The van der Waals surface area contributed by atoms with Crippen LogP contribution in [0.25, 0.3) is 11.3 Å². The van der Waals surface area contributed by atoms with Crippen LogP contribution in [0, 0.1) is 17.5 Å². The summed E-state index contributed by atoms with van der Waals surface area (Å²) in [6.45, 7) is 0.579. The fraction of sp³-hybridized carbons (Fsp3) is 0.118. The van der Waals surface area contributed by atoms with Crippen LogP contribution in [0.3, 0.4) is 0 Å². The Morgan fingerprint density at radius 2 is 1.65 bits per heavy atom. The first-order chi connectivity index (χ1) is 11.1. The third-order valence-electron chi connectivity index (χ3n) is 3.59. The summed E-state index contributed by atoms with van der Waals surface area (Å²) in [6, 6.07) is 9.39. The van der Waals surface area contributed by atoms with E-state index in [4.69, 9.17) is 5.73 Å². The maximum Gasteiger partial charge on any atom is 0.135 e. The average molecular weight is 317 g/mol. The smallest absolute Gasteiger partial charge is 0.135 e. The van der Waals surface area contributed by atoms with Gasteiger partial charge >= 0.3 is 0 Å². The number of nitrogens with zero attached hydrogens (tertiary/aromatic N) is 2. The number of nitrogens with two attached hydrogens (primary N) is 1.